The van der Waals surface area contributed by atoms with Gasteiger partial charge >= 0.3 is 6.18 Å². The van der Waals surface area contributed by atoms with Gasteiger partial charge in [-0.1, -0.05) is 6.07 Å². The second-order valence-corrected chi connectivity index (χ2v) is 6.87. The Labute approximate surface area is 156 Å². The smallest absolute Gasteiger partial charge is 0.355 e. The summed E-state index contributed by atoms with van der Waals surface area (Å²) in [4.78, 5) is 1.90. The van der Waals surface area contributed by atoms with Crippen molar-refractivity contribution in [1.82, 2.24) is 19.8 Å². The molecule has 0 saturated carbocycles. The largest absolute Gasteiger partial charge is 0.453 e. The minimum Gasteiger partial charge on any atom is -0.355 e. The molecular weight excluding hydrogens is 381 g/mol. The van der Waals surface area contributed by atoms with Crippen molar-refractivity contribution in [2.45, 2.75) is 25.4 Å². The van der Waals surface area contributed by atoms with Crippen molar-refractivity contribution in [3.8, 4) is 0 Å². The lowest BCUT2D eigenvalue weighted by Crippen LogP contribution is -2.35. The standard InChI is InChI=1S/C18H16F5N5/c19-13-2-1-12(10-14(13)20)9-11-5-7-27(8-6-11)16-4-3-15-24-25-17(18(21,22)23)28(15)26-16/h1-4,10-11H,5-9H2. The van der Waals surface area contributed by atoms with E-state index in [-0.39, 0.29) is 11.6 Å². The van der Waals surface area contributed by atoms with Gasteiger partial charge in [-0.05, 0) is 55.0 Å². The Hall–Kier alpha value is -2.78. The van der Waals surface area contributed by atoms with Gasteiger partial charge in [-0.15, -0.1) is 15.3 Å². The first-order valence-electron chi connectivity index (χ1n) is 8.80. The quantitative estimate of drug-likeness (QED) is 0.630. The summed E-state index contributed by atoms with van der Waals surface area (Å²) in [6.07, 6.45) is -2.47. The zero-order valence-corrected chi connectivity index (χ0v) is 14.6. The van der Waals surface area contributed by atoms with Crippen molar-refractivity contribution in [3.63, 3.8) is 0 Å². The van der Waals surface area contributed by atoms with Crippen molar-refractivity contribution in [3.05, 3.63) is 53.4 Å². The molecule has 148 valence electrons. The van der Waals surface area contributed by atoms with E-state index in [2.05, 4.69) is 15.3 Å². The monoisotopic (exact) mass is 397 g/mol. The Balaban J connectivity index is 1.45. The fraction of sp³-hybridized carbons (Fsp3) is 0.389. The fourth-order valence-electron chi connectivity index (χ4n) is 3.49. The minimum absolute atomic E-state index is 0.0318. The average molecular weight is 397 g/mol. The van der Waals surface area contributed by atoms with Gasteiger partial charge in [0, 0.05) is 13.1 Å². The highest BCUT2D eigenvalue weighted by Gasteiger charge is 2.37. The molecule has 10 heteroatoms. The lowest BCUT2D eigenvalue weighted by atomic mass is 9.90. The van der Waals surface area contributed by atoms with Gasteiger partial charge in [0.25, 0.3) is 5.82 Å². The number of benzene rings is 1. The third-order valence-corrected chi connectivity index (χ3v) is 4.95. The number of fused-ring (bicyclic) bond motifs is 1. The summed E-state index contributed by atoms with van der Waals surface area (Å²) in [6, 6.07) is 6.99. The number of aromatic nitrogens is 4. The van der Waals surface area contributed by atoms with E-state index in [4.69, 9.17) is 0 Å². The van der Waals surface area contributed by atoms with E-state index in [1.54, 1.807) is 12.1 Å². The summed E-state index contributed by atoms with van der Waals surface area (Å²) >= 11 is 0. The average Bonchev–Trinajstić information content (AvgIpc) is 3.09. The van der Waals surface area contributed by atoms with E-state index < -0.39 is 23.6 Å². The molecular formula is C18H16F5N5. The first-order valence-corrected chi connectivity index (χ1v) is 8.80. The Kier molecular flexibility index (Phi) is 4.64. The molecule has 0 amide bonds. The fourth-order valence-corrected chi connectivity index (χ4v) is 3.49. The number of alkyl halides is 3. The molecule has 1 aliphatic heterocycles. The van der Waals surface area contributed by atoms with Crippen LogP contribution in [0.25, 0.3) is 5.65 Å². The Morgan fingerprint density at radius 1 is 0.964 bits per heavy atom. The van der Waals surface area contributed by atoms with Crippen LogP contribution in [-0.2, 0) is 12.6 Å². The van der Waals surface area contributed by atoms with Crippen LogP contribution in [0.4, 0.5) is 27.8 Å². The van der Waals surface area contributed by atoms with Crippen molar-refractivity contribution in [2.75, 3.05) is 18.0 Å². The van der Waals surface area contributed by atoms with Gasteiger partial charge in [-0.3, -0.25) is 0 Å². The highest BCUT2D eigenvalue weighted by molar-refractivity contribution is 5.46. The summed E-state index contributed by atoms with van der Waals surface area (Å²) in [5.74, 6) is -2.18. The van der Waals surface area contributed by atoms with Gasteiger partial charge in [-0.25, -0.2) is 8.78 Å². The predicted octanol–water partition coefficient (Wildman–Crippen LogP) is 3.88. The molecule has 1 aliphatic rings. The Morgan fingerprint density at radius 3 is 2.39 bits per heavy atom. The number of halogens is 5. The number of anilines is 1. The van der Waals surface area contributed by atoms with Crippen molar-refractivity contribution < 1.29 is 22.0 Å². The van der Waals surface area contributed by atoms with Crippen LogP contribution in [0.1, 0.15) is 24.2 Å². The summed E-state index contributed by atoms with van der Waals surface area (Å²) in [7, 11) is 0. The summed E-state index contributed by atoms with van der Waals surface area (Å²) in [6.45, 7) is 1.21. The van der Waals surface area contributed by atoms with Gasteiger partial charge < -0.3 is 4.90 Å². The number of piperidine rings is 1. The number of nitrogens with zero attached hydrogens (tertiary/aromatic N) is 5. The van der Waals surface area contributed by atoms with E-state index in [0.29, 0.717) is 29.8 Å². The highest BCUT2D eigenvalue weighted by atomic mass is 19.4. The molecule has 3 aromatic rings. The number of hydrogen-bond acceptors (Lipinski definition) is 4. The molecule has 28 heavy (non-hydrogen) atoms. The van der Waals surface area contributed by atoms with Crippen molar-refractivity contribution in [1.29, 1.82) is 0 Å². The van der Waals surface area contributed by atoms with Crippen LogP contribution < -0.4 is 4.90 Å². The normalized spacial score (nSPS) is 16.1. The Morgan fingerprint density at radius 2 is 1.71 bits per heavy atom. The molecule has 0 N–H and O–H groups in total. The van der Waals surface area contributed by atoms with Gasteiger partial charge in [0.15, 0.2) is 17.3 Å². The molecule has 0 bridgehead atoms. The van der Waals surface area contributed by atoms with Crippen LogP contribution in [-0.4, -0.2) is 32.9 Å². The molecule has 1 aromatic carbocycles. The lowest BCUT2D eigenvalue weighted by Gasteiger charge is -2.32. The van der Waals surface area contributed by atoms with E-state index in [9.17, 15) is 22.0 Å². The van der Waals surface area contributed by atoms with Crippen LogP contribution in [0.2, 0.25) is 0 Å². The molecule has 0 unspecified atom stereocenters. The van der Waals surface area contributed by atoms with Gasteiger partial charge in [-0.2, -0.15) is 17.7 Å². The van der Waals surface area contributed by atoms with Gasteiger partial charge in [0.05, 0.1) is 0 Å². The minimum atomic E-state index is -4.64. The zero-order chi connectivity index (χ0) is 19.9. The van der Waals surface area contributed by atoms with Gasteiger partial charge in [0.2, 0.25) is 0 Å². The Bertz CT molecular complexity index is 992. The maximum absolute atomic E-state index is 13.4. The number of rotatable bonds is 3. The SMILES string of the molecule is Fc1ccc(CC2CCN(c3ccc4nnc(C(F)(F)F)n4n3)CC2)cc1F. The number of hydrogen-bond donors (Lipinski definition) is 0. The lowest BCUT2D eigenvalue weighted by molar-refractivity contribution is -0.146. The van der Waals surface area contributed by atoms with E-state index in [1.807, 2.05) is 4.90 Å². The molecule has 5 nitrogen and oxygen atoms in total. The predicted molar refractivity (Wildman–Crippen MR) is 90.8 cm³/mol. The topological polar surface area (TPSA) is 46.3 Å². The molecule has 0 spiro atoms. The molecule has 1 saturated heterocycles. The van der Waals surface area contributed by atoms with E-state index >= 15 is 0 Å². The molecule has 3 heterocycles. The molecule has 4 rings (SSSR count). The van der Waals surface area contributed by atoms with Crippen LogP contribution in [0.15, 0.2) is 30.3 Å². The van der Waals surface area contributed by atoms with Crippen molar-refractivity contribution >= 4 is 11.5 Å². The summed E-state index contributed by atoms with van der Waals surface area (Å²) in [5.41, 5.74) is 0.764. The highest BCUT2D eigenvalue weighted by Crippen LogP contribution is 2.29. The third kappa shape index (κ3) is 3.63. The molecule has 0 aliphatic carbocycles. The molecule has 0 atom stereocenters. The summed E-state index contributed by atoms with van der Waals surface area (Å²) in [5, 5.41) is 10.7. The first kappa shape index (κ1) is 18.6. The van der Waals surface area contributed by atoms with Crippen molar-refractivity contribution in [2.24, 2.45) is 5.92 Å². The van der Waals surface area contributed by atoms with E-state index in [1.165, 1.54) is 12.1 Å². The van der Waals surface area contributed by atoms with E-state index in [0.717, 1.165) is 24.5 Å². The van der Waals surface area contributed by atoms with Crippen LogP contribution in [0, 0.1) is 17.6 Å². The zero-order valence-electron chi connectivity index (χ0n) is 14.6. The molecule has 0 radical (unpaired) electrons. The first-order chi connectivity index (χ1) is 13.3. The van der Waals surface area contributed by atoms with Crippen LogP contribution in [0.3, 0.4) is 0 Å². The second-order valence-electron chi connectivity index (χ2n) is 6.87. The van der Waals surface area contributed by atoms with Crippen LogP contribution in [0.5, 0.6) is 0 Å². The second kappa shape index (κ2) is 6.99. The summed E-state index contributed by atoms with van der Waals surface area (Å²) < 4.78 is 66.1. The maximum atomic E-state index is 13.4. The van der Waals surface area contributed by atoms with Crippen LogP contribution >= 0.6 is 0 Å². The maximum Gasteiger partial charge on any atom is 0.453 e. The molecule has 1 fully saturated rings. The van der Waals surface area contributed by atoms with Gasteiger partial charge in [0.1, 0.15) is 5.82 Å². The third-order valence-electron chi connectivity index (χ3n) is 4.95. The molecule has 2 aromatic heterocycles.